The third-order valence-electron chi connectivity index (χ3n) is 9.08. The van der Waals surface area contributed by atoms with E-state index in [0.29, 0.717) is 21.4 Å². The molecule has 0 spiro atoms. The van der Waals surface area contributed by atoms with Crippen LogP contribution in [0.1, 0.15) is 22.4 Å². The molecule has 0 bridgehead atoms. The molecule has 0 saturated carbocycles. The van der Waals surface area contributed by atoms with Crippen molar-refractivity contribution in [3.63, 3.8) is 0 Å². The van der Waals surface area contributed by atoms with Crippen molar-refractivity contribution in [2.45, 2.75) is 28.6 Å². The fraction of sp³-hybridized carbons (Fsp3) is 0.162. The van der Waals surface area contributed by atoms with Crippen LogP contribution in [0, 0.1) is 0 Å². The number of β-lactam (4-membered cyclic amide) rings is 1. The zero-order valence-corrected chi connectivity index (χ0v) is 31.6. The molecular formula is C37H28F2N10O5S3. The molecule has 5 heterocycles. The van der Waals surface area contributed by atoms with Crippen LogP contribution in [0.4, 0.5) is 13.9 Å². The number of aromatic nitrogens is 6. The van der Waals surface area contributed by atoms with Crippen LogP contribution in [-0.2, 0) is 24.8 Å². The summed E-state index contributed by atoms with van der Waals surface area (Å²) >= 11 is 3.60. The van der Waals surface area contributed by atoms with E-state index in [-0.39, 0.29) is 22.9 Å². The molecule has 57 heavy (non-hydrogen) atoms. The van der Waals surface area contributed by atoms with Crippen LogP contribution in [-0.4, -0.2) is 93.3 Å². The molecular weight excluding hydrogens is 799 g/mol. The highest BCUT2D eigenvalue weighted by Gasteiger charge is 2.54. The summed E-state index contributed by atoms with van der Waals surface area (Å²) in [7, 11) is 0. The molecule has 2 atom stereocenters. The Hall–Kier alpha value is -6.25. The molecule has 6 aromatic rings. The lowest BCUT2D eigenvalue weighted by Gasteiger charge is -2.49. The minimum absolute atomic E-state index is 0.0948. The van der Waals surface area contributed by atoms with Gasteiger partial charge in [-0.25, -0.2) is 9.78 Å². The number of hydrogen-bond acceptors (Lipinski definition) is 14. The number of rotatable bonds is 14. The average Bonchev–Trinajstić information content (AvgIpc) is 3.91. The van der Waals surface area contributed by atoms with Gasteiger partial charge in [-0.3, -0.25) is 14.5 Å². The standard InChI is InChI=1S/C37H28F2N10O5S3/c38-35(39)54-45-28(25-20-57-36(40-25)42-37(22-10-4-1-5-11-22,23-12-6-2-7-13-23)24-14-8-3-9-15-24)31(50)41-29-32(51)48-30(34(52)53)21(19-56-33(29)48)18-55-27-17-16-26-43-46-47-49(26)44-27/h1-17,20,29,33,35H,18-19H2,(H,40,42)(H,41,50)(H,52,53)/b45-28-. The summed E-state index contributed by atoms with van der Waals surface area (Å²) < 4.78 is 27.9. The van der Waals surface area contributed by atoms with Crippen molar-refractivity contribution >= 4 is 69.1 Å². The van der Waals surface area contributed by atoms with Crippen molar-refractivity contribution < 1.29 is 33.1 Å². The second-order valence-corrected chi connectivity index (χ2v) is 15.4. The van der Waals surface area contributed by atoms with E-state index in [1.54, 1.807) is 12.1 Å². The van der Waals surface area contributed by atoms with Gasteiger partial charge in [-0.2, -0.15) is 8.78 Å². The molecule has 2 aliphatic rings. The van der Waals surface area contributed by atoms with Crippen molar-refractivity contribution in [1.29, 1.82) is 0 Å². The molecule has 288 valence electrons. The van der Waals surface area contributed by atoms with Gasteiger partial charge in [0.15, 0.2) is 16.5 Å². The summed E-state index contributed by atoms with van der Waals surface area (Å²) in [5.41, 5.74) is 1.67. The Morgan fingerprint density at radius 3 is 2.25 bits per heavy atom. The Kier molecular flexibility index (Phi) is 10.6. The fourth-order valence-electron chi connectivity index (χ4n) is 6.55. The first-order valence-electron chi connectivity index (χ1n) is 17.0. The average molecular weight is 827 g/mol. The number of carboxylic acid groups (broad SMARTS) is 1. The number of anilines is 1. The lowest BCUT2D eigenvalue weighted by Crippen LogP contribution is -2.71. The highest BCUT2D eigenvalue weighted by molar-refractivity contribution is 8.01. The minimum Gasteiger partial charge on any atom is -0.477 e. The number of hydrogen-bond donors (Lipinski definition) is 3. The second-order valence-electron chi connectivity index (χ2n) is 12.4. The van der Waals surface area contributed by atoms with Crippen molar-refractivity contribution in [1.82, 2.24) is 40.5 Å². The van der Waals surface area contributed by atoms with Crippen molar-refractivity contribution in [3.05, 3.63) is 142 Å². The number of carboxylic acids is 1. The SMILES string of the molecule is O=C(O)C1=C(CSc2ccc3nnnn3n2)CSC2C(NC(=O)/C(=N\OC(F)F)c3csc(NC(c4ccccc4)(c4ccccc4)c4ccccc4)n3)C(=O)N12. The molecule has 3 N–H and O–H groups in total. The first kappa shape index (κ1) is 37.7. The van der Waals surface area contributed by atoms with E-state index < -0.39 is 47.1 Å². The summed E-state index contributed by atoms with van der Waals surface area (Å²) in [4.78, 5) is 49.7. The first-order valence-corrected chi connectivity index (χ1v) is 20.0. The van der Waals surface area contributed by atoms with Gasteiger partial charge in [-0.05, 0) is 44.8 Å². The number of benzene rings is 3. The predicted octanol–water partition coefficient (Wildman–Crippen LogP) is 4.85. The van der Waals surface area contributed by atoms with Crippen LogP contribution < -0.4 is 10.6 Å². The second kappa shape index (κ2) is 16.1. The molecule has 0 aliphatic carbocycles. The van der Waals surface area contributed by atoms with Gasteiger partial charge >= 0.3 is 12.6 Å². The monoisotopic (exact) mass is 826 g/mol. The highest BCUT2D eigenvalue weighted by atomic mass is 32.2. The van der Waals surface area contributed by atoms with Gasteiger partial charge in [0, 0.05) is 16.9 Å². The lowest BCUT2D eigenvalue weighted by molar-refractivity contribution is -0.150. The zero-order valence-electron chi connectivity index (χ0n) is 29.2. The van der Waals surface area contributed by atoms with E-state index >= 15 is 0 Å². The number of oxime groups is 1. The number of nitrogens with one attached hydrogen (secondary N) is 2. The lowest BCUT2D eigenvalue weighted by atomic mass is 9.77. The van der Waals surface area contributed by atoms with Crippen molar-refractivity contribution in [2.24, 2.45) is 5.16 Å². The Bertz CT molecular complexity index is 2410. The maximum atomic E-state index is 13.8. The molecule has 1 fully saturated rings. The van der Waals surface area contributed by atoms with Crippen LogP contribution >= 0.6 is 34.9 Å². The number of thiazole rings is 1. The number of alkyl halides is 2. The van der Waals surface area contributed by atoms with Crippen molar-refractivity contribution in [2.75, 3.05) is 16.8 Å². The normalized spacial score (nSPS) is 17.0. The number of thioether (sulfide) groups is 2. The number of aliphatic carboxylic acids is 1. The number of nitrogens with zero attached hydrogens (tertiary/aromatic N) is 8. The maximum Gasteiger partial charge on any atom is 0.407 e. The first-order chi connectivity index (χ1) is 27.7. The molecule has 1 saturated heterocycles. The molecule has 3 aromatic heterocycles. The van der Waals surface area contributed by atoms with Gasteiger partial charge in [0.1, 0.15) is 33.4 Å². The van der Waals surface area contributed by atoms with Gasteiger partial charge in [0.05, 0.1) is 0 Å². The Balaban J connectivity index is 1.04. The minimum atomic E-state index is -3.36. The zero-order chi connectivity index (χ0) is 39.5. The highest BCUT2D eigenvalue weighted by Crippen LogP contribution is 2.43. The largest absolute Gasteiger partial charge is 0.477 e. The van der Waals surface area contributed by atoms with Gasteiger partial charge in [0.25, 0.3) is 11.8 Å². The number of tetrazole rings is 1. The van der Waals surface area contributed by atoms with E-state index in [2.05, 4.69) is 46.2 Å². The summed E-state index contributed by atoms with van der Waals surface area (Å²) in [6, 6.07) is 31.2. The fourth-order valence-corrected chi connectivity index (χ4v) is 9.64. The molecule has 3 aromatic carbocycles. The van der Waals surface area contributed by atoms with Crippen LogP contribution in [0.5, 0.6) is 0 Å². The Morgan fingerprint density at radius 1 is 0.982 bits per heavy atom. The smallest absolute Gasteiger partial charge is 0.407 e. The van der Waals surface area contributed by atoms with Crippen LogP contribution in [0.25, 0.3) is 5.65 Å². The van der Waals surface area contributed by atoms with Crippen molar-refractivity contribution in [3.8, 4) is 0 Å². The number of carbonyl (C=O) groups is 3. The van der Waals surface area contributed by atoms with Gasteiger partial charge in [-0.15, -0.1) is 49.7 Å². The maximum absolute atomic E-state index is 13.8. The van der Waals surface area contributed by atoms with E-state index in [4.69, 9.17) is 0 Å². The molecule has 20 heteroatoms. The quantitative estimate of drug-likeness (QED) is 0.0445. The summed E-state index contributed by atoms with van der Waals surface area (Å²) in [5.74, 6) is -2.60. The van der Waals surface area contributed by atoms with E-state index in [0.717, 1.165) is 32.9 Å². The Labute approximate surface area is 334 Å². The van der Waals surface area contributed by atoms with Crippen LogP contribution in [0.3, 0.4) is 0 Å². The van der Waals surface area contributed by atoms with Gasteiger partial charge < -0.3 is 20.6 Å². The number of fused-ring (bicyclic) bond motifs is 2. The van der Waals surface area contributed by atoms with Crippen LogP contribution in [0.15, 0.2) is 130 Å². The molecule has 8 rings (SSSR count). The third-order valence-corrected chi connectivity index (χ3v) is 12.2. The van der Waals surface area contributed by atoms with Crippen LogP contribution in [0.2, 0.25) is 0 Å². The summed E-state index contributed by atoms with van der Waals surface area (Å²) in [6.45, 7) is -3.36. The van der Waals surface area contributed by atoms with E-state index in [9.17, 15) is 28.3 Å². The number of carbonyl (C=O) groups excluding carboxylic acids is 2. The molecule has 0 radical (unpaired) electrons. The number of halogens is 2. The Morgan fingerprint density at radius 2 is 1.63 bits per heavy atom. The van der Waals surface area contributed by atoms with Gasteiger partial charge in [-0.1, -0.05) is 96.2 Å². The molecule has 2 amide bonds. The predicted molar refractivity (Wildman–Crippen MR) is 208 cm³/mol. The molecule has 2 aliphatic heterocycles. The van der Waals surface area contributed by atoms with E-state index in [1.165, 1.54) is 33.5 Å². The molecule has 15 nitrogen and oxygen atoms in total. The summed E-state index contributed by atoms with van der Waals surface area (Å²) in [6.07, 6.45) is 0. The third kappa shape index (κ3) is 7.41. The topological polar surface area (TPSA) is 189 Å². The van der Waals surface area contributed by atoms with E-state index in [1.807, 2.05) is 91.0 Å². The molecule has 2 unspecified atom stereocenters. The summed E-state index contributed by atoms with van der Waals surface area (Å²) in [5, 5.41) is 36.7. The number of amides is 2. The van der Waals surface area contributed by atoms with Gasteiger partial charge in [0.2, 0.25) is 0 Å².